The van der Waals surface area contributed by atoms with Gasteiger partial charge in [0.2, 0.25) is 0 Å². The van der Waals surface area contributed by atoms with Crippen molar-refractivity contribution < 1.29 is 24.2 Å². The molecular formula is C16H17N3O5. The van der Waals surface area contributed by atoms with E-state index < -0.39 is 24.5 Å². The zero-order valence-corrected chi connectivity index (χ0v) is 13.3. The zero-order chi connectivity index (χ0) is 17.4. The molecule has 0 saturated carbocycles. The Morgan fingerprint density at radius 2 is 2.08 bits per heavy atom. The van der Waals surface area contributed by atoms with E-state index in [4.69, 9.17) is 9.84 Å². The number of ether oxygens (including phenoxy) is 1. The molecule has 2 N–H and O–H groups in total. The third-order valence-corrected chi connectivity index (χ3v) is 4.21. The summed E-state index contributed by atoms with van der Waals surface area (Å²) < 4.78 is 5.33. The van der Waals surface area contributed by atoms with Crippen LogP contribution in [0.15, 0.2) is 35.5 Å². The predicted octanol–water partition coefficient (Wildman–Crippen LogP) is 0.572. The van der Waals surface area contributed by atoms with Gasteiger partial charge in [-0.1, -0.05) is 18.2 Å². The van der Waals surface area contributed by atoms with Crippen LogP contribution in [0.5, 0.6) is 5.75 Å². The van der Waals surface area contributed by atoms with Gasteiger partial charge < -0.3 is 20.1 Å². The van der Waals surface area contributed by atoms with Crippen LogP contribution < -0.4 is 10.1 Å². The third kappa shape index (κ3) is 2.45. The maximum atomic E-state index is 12.7. The van der Waals surface area contributed by atoms with Crippen molar-refractivity contribution in [1.29, 1.82) is 0 Å². The van der Waals surface area contributed by atoms with Gasteiger partial charge in [-0.05, 0) is 6.07 Å². The Kier molecular flexibility index (Phi) is 3.88. The van der Waals surface area contributed by atoms with E-state index in [9.17, 15) is 14.4 Å². The fraction of sp³-hybridized carbons (Fsp3) is 0.312. The molecule has 0 bridgehead atoms. The summed E-state index contributed by atoms with van der Waals surface area (Å²) in [7, 11) is 3.07. The number of para-hydroxylation sites is 1. The van der Waals surface area contributed by atoms with Crippen LogP contribution in [-0.2, 0) is 9.59 Å². The van der Waals surface area contributed by atoms with Gasteiger partial charge in [0.05, 0.1) is 31.0 Å². The number of carboxylic acid groups (broad SMARTS) is 1. The first-order valence-corrected chi connectivity index (χ1v) is 7.35. The van der Waals surface area contributed by atoms with Crippen molar-refractivity contribution in [3.05, 3.63) is 41.1 Å². The summed E-state index contributed by atoms with van der Waals surface area (Å²) in [6.45, 7) is -0.317. The molecule has 3 rings (SSSR count). The molecule has 0 aromatic heterocycles. The number of aliphatic carboxylic acids is 1. The average molecular weight is 331 g/mol. The van der Waals surface area contributed by atoms with E-state index in [0.717, 1.165) is 0 Å². The summed E-state index contributed by atoms with van der Waals surface area (Å²) in [5.41, 5.74) is 1.54. The van der Waals surface area contributed by atoms with Crippen molar-refractivity contribution >= 4 is 17.9 Å². The summed E-state index contributed by atoms with van der Waals surface area (Å²) >= 11 is 0. The summed E-state index contributed by atoms with van der Waals surface area (Å²) in [5.74, 6) is -0.946. The van der Waals surface area contributed by atoms with Gasteiger partial charge in [-0.2, -0.15) is 0 Å². The van der Waals surface area contributed by atoms with Crippen LogP contribution in [0.4, 0.5) is 4.79 Å². The molecule has 1 aromatic carbocycles. The van der Waals surface area contributed by atoms with E-state index in [1.54, 1.807) is 31.3 Å². The highest BCUT2D eigenvalue weighted by molar-refractivity contribution is 6.02. The van der Waals surface area contributed by atoms with Crippen LogP contribution in [0.3, 0.4) is 0 Å². The highest BCUT2D eigenvalue weighted by atomic mass is 16.5. The third-order valence-electron chi connectivity index (χ3n) is 4.21. The lowest BCUT2D eigenvalue weighted by Gasteiger charge is -2.31. The number of carbonyl (C=O) groups excluding carboxylic acids is 2. The molecule has 0 aliphatic carbocycles. The van der Waals surface area contributed by atoms with Crippen molar-refractivity contribution in [2.75, 3.05) is 27.2 Å². The van der Waals surface area contributed by atoms with Gasteiger partial charge in [0.25, 0.3) is 5.91 Å². The fourth-order valence-corrected chi connectivity index (χ4v) is 3.05. The van der Waals surface area contributed by atoms with Gasteiger partial charge in [-0.25, -0.2) is 4.79 Å². The van der Waals surface area contributed by atoms with Gasteiger partial charge in [0.1, 0.15) is 12.3 Å². The fourth-order valence-electron chi connectivity index (χ4n) is 3.05. The molecule has 2 aliphatic rings. The molecule has 0 saturated heterocycles. The number of carboxylic acids is 1. The lowest BCUT2D eigenvalue weighted by molar-refractivity contribution is -0.142. The number of rotatable bonds is 4. The quantitative estimate of drug-likeness (QED) is 0.840. The van der Waals surface area contributed by atoms with Crippen LogP contribution in [-0.4, -0.2) is 60.1 Å². The van der Waals surface area contributed by atoms with Gasteiger partial charge in [0, 0.05) is 12.6 Å². The minimum Gasteiger partial charge on any atom is -0.496 e. The van der Waals surface area contributed by atoms with Gasteiger partial charge in [-0.3, -0.25) is 14.5 Å². The first kappa shape index (κ1) is 15.9. The van der Waals surface area contributed by atoms with E-state index in [2.05, 4.69) is 5.32 Å². The van der Waals surface area contributed by atoms with Crippen LogP contribution >= 0.6 is 0 Å². The Balaban J connectivity index is 2.06. The monoisotopic (exact) mass is 331 g/mol. The average Bonchev–Trinajstić information content (AvgIpc) is 2.87. The van der Waals surface area contributed by atoms with Crippen molar-refractivity contribution in [2.45, 2.75) is 6.04 Å². The second-order valence-corrected chi connectivity index (χ2v) is 5.60. The Labute approximate surface area is 138 Å². The lowest BCUT2D eigenvalue weighted by Crippen LogP contribution is -2.45. The molecule has 1 aromatic rings. The molecule has 3 amide bonds. The molecule has 1 atom stereocenters. The Bertz CT molecular complexity index is 758. The van der Waals surface area contributed by atoms with Gasteiger partial charge in [0.15, 0.2) is 0 Å². The number of amides is 3. The summed E-state index contributed by atoms with van der Waals surface area (Å²) in [6.07, 6.45) is 0. The smallest absolute Gasteiger partial charge is 0.323 e. The van der Waals surface area contributed by atoms with E-state index in [-0.39, 0.29) is 12.6 Å². The summed E-state index contributed by atoms with van der Waals surface area (Å²) in [4.78, 5) is 38.5. The van der Waals surface area contributed by atoms with Crippen LogP contribution in [0.1, 0.15) is 11.6 Å². The van der Waals surface area contributed by atoms with Crippen molar-refractivity contribution in [3.8, 4) is 5.75 Å². The number of nitrogens with one attached hydrogen (secondary N) is 1. The topological polar surface area (TPSA) is 99.2 Å². The molecule has 8 heteroatoms. The number of hydrogen-bond donors (Lipinski definition) is 2. The number of methoxy groups -OCH3 is 1. The Morgan fingerprint density at radius 1 is 1.38 bits per heavy atom. The molecule has 24 heavy (non-hydrogen) atoms. The maximum absolute atomic E-state index is 12.7. The first-order chi connectivity index (χ1) is 11.4. The van der Waals surface area contributed by atoms with Gasteiger partial charge >= 0.3 is 12.0 Å². The molecule has 2 heterocycles. The highest BCUT2D eigenvalue weighted by Gasteiger charge is 2.43. The molecule has 1 unspecified atom stereocenters. The van der Waals surface area contributed by atoms with Crippen molar-refractivity contribution in [3.63, 3.8) is 0 Å². The number of hydrogen-bond acceptors (Lipinski definition) is 4. The Morgan fingerprint density at radius 3 is 2.75 bits per heavy atom. The molecule has 2 aliphatic heterocycles. The standard InChI is InChI=1S/C16H17N3O5/c1-18-10-7-19(8-12(20)21)15(22)13(10)14(17-16(18)23)9-5-3-4-6-11(9)24-2/h3-6,14H,7-8H2,1-2H3,(H,17,23)(H,20,21). The van der Waals surface area contributed by atoms with Gasteiger partial charge in [-0.15, -0.1) is 0 Å². The second kappa shape index (κ2) is 5.88. The lowest BCUT2D eigenvalue weighted by atomic mass is 9.95. The van der Waals surface area contributed by atoms with E-state index in [0.29, 0.717) is 22.6 Å². The molecule has 0 spiro atoms. The summed E-state index contributed by atoms with van der Waals surface area (Å²) in [5, 5.41) is 11.8. The first-order valence-electron chi connectivity index (χ1n) is 7.35. The van der Waals surface area contributed by atoms with Crippen LogP contribution in [0, 0.1) is 0 Å². The minimum atomic E-state index is -1.10. The summed E-state index contributed by atoms with van der Waals surface area (Å²) in [6, 6.07) is 6.07. The van der Waals surface area contributed by atoms with E-state index in [1.807, 2.05) is 0 Å². The predicted molar refractivity (Wildman–Crippen MR) is 83.3 cm³/mol. The van der Waals surface area contributed by atoms with Crippen molar-refractivity contribution in [1.82, 2.24) is 15.1 Å². The SMILES string of the molecule is COc1ccccc1C1NC(=O)N(C)C2=C1C(=O)N(CC(=O)O)C2. The molecular weight excluding hydrogens is 314 g/mol. The number of nitrogens with zero attached hydrogens (tertiary/aromatic N) is 2. The largest absolute Gasteiger partial charge is 0.496 e. The Hall–Kier alpha value is -3.03. The van der Waals surface area contributed by atoms with E-state index >= 15 is 0 Å². The number of likely N-dealkylation sites (N-methyl/N-ethyl adjacent to an activating group) is 1. The van der Waals surface area contributed by atoms with Crippen LogP contribution in [0.25, 0.3) is 0 Å². The second-order valence-electron chi connectivity index (χ2n) is 5.60. The molecule has 0 radical (unpaired) electrons. The van der Waals surface area contributed by atoms with E-state index in [1.165, 1.54) is 16.9 Å². The molecule has 0 fully saturated rings. The van der Waals surface area contributed by atoms with Crippen molar-refractivity contribution in [2.24, 2.45) is 0 Å². The van der Waals surface area contributed by atoms with Crippen LogP contribution in [0.2, 0.25) is 0 Å². The zero-order valence-electron chi connectivity index (χ0n) is 13.3. The minimum absolute atomic E-state index is 0.0933. The molecule has 126 valence electrons. The number of benzene rings is 1. The number of urea groups is 1. The highest BCUT2D eigenvalue weighted by Crippen LogP contribution is 2.38. The number of carbonyl (C=O) groups is 3. The normalized spacial score (nSPS) is 20.2. The molecule has 8 nitrogen and oxygen atoms in total. The maximum Gasteiger partial charge on any atom is 0.323 e.